The summed E-state index contributed by atoms with van der Waals surface area (Å²) in [5.74, 6) is 0.959. The molecule has 0 N–H and O–H groups in total. The topological polar surface area (TPSA) is 55.2 Å². The Kier molecular flexibility index (Phi) is 4.54. The van der Waals surface area contributed by atoms with Crippen LogP contribution in [0.2, 0.25) is 0 Å². The molecule has 0 aliphatic carbocycles. The number of hydrogen-bond acceptors (Lipinski definition) is 4. The molecule has 0 saturated carbocycles. The lowest BCUT2D eigenvalue weighted by atomic mass is 9.91. The monoisotopic (exact) mass is 383 g/mol. The third-order valence-electron chi connectivity index (χ3n) is 5.51. The lowest BCUT2D eigenvalue weighted by Gasteiger charge is -2.36. The van der Waals surface area contributed by atoms with E-state index in [1.807, 2.05) is 36.1 Å². The Morgan fingerprint density at radius 2 is 1.89 bits per heavy atom. The highest BCUT2D eigenvalue weighted by molar-refractivity contribution is 7.26. The molecule has 1 amide bonds. The van der Waals surface area contributed by atoms with Crippen LogP contribution >= 0.6 is 11.3 Å². The van der Waals surface area contributed by atoms with Gasteiger partial charge in [-0.05, 0) is 38.2 Å². The van der Waals surface area contributed by atoms with Gasteiger partial charge < -0.3 is 4.90 Å². The van der Waals surface area contributed by atoms with Gasteiger partial charge in [0.25, 0.3) is 5.56 Å². The van der Waals surface area contributed by atoms with E-state index in [4.69, 9.17) is 0 Å². The second kappa shape index (κ2) is 6.75. The largest absolute Gasteiger partial charge is 0.340 e. The van der Waals surface area contributed by atoms with Gasteiger partial charge in [-0.1, -0.05) is 32.0 Å². The maximum atomic E-state index is 13.2. The fourth-order valence-electron chi connectivity index (χ4n) is 4.35. The number of thiophene rings is 1. The molecule has 1 aromatic carbocycles. The van der Waals surface area contributed by atoms with Crippen LogP contribution in [0.3, 0.4) is 0 Å². The molecule has 2 aromatic heterocycles. The van der Waals surface area contributed by atoms with Gasteiger partial charge in [0.05, 0.1) is 15.8 Å². The molecule has 3 aromatic rings. The molecule has 0 spiro atoms. The molecule has 27 heavy (non-hydrogen) atoms. The third kappa shape index (κ3) is 3.06. The van der Waals surface area contributed by atoms with Crippen LogP contribution in [0, 0.1) is 18.8 Å². The summed E-state index contributed by atoms with van der Waals surface area (Å²) in [6, 6.07) is 7.31. The van der Waals surface area contributed by atoms with Gasteiger partial charge in [0, 0.05) is 23.2 Å². The fourth-order valence-corrected chi connectivity index (χ4v) is 5.49. The minimum atomic E-state index is -0.600. The smallest absolute Gasteiger partial charge is 0.276 e. The Morgan fingerprint density at radius 1 is 1.22 bits per heavy atom. The highest BCUT2D eigenvalue weighted by Crippen LogP contribution is 2.33. The van der Waals surface area contributed by atoms with E-state index in [1.54, 1.807) is 18.3 Å². The maximum absolute atomic E-state index is 13.2. The fraction of sp³-hybridized carbons (Fsp3) is 0.476. The maximum Gasteiger partial charge on any atom is 0.276 e. The lowest BCUT2D eigenvalue weighted by Crippen LogP contribution is -2.46. The molecule has 4 rings (SSSR count). The molecule has 1 aliphatic rings. The van der Waals surface area contributed by atoms with Crippen LogP contribution in [-0.4, -0.2) is 33.7 Å². The van der Waals surface area contributed by atoms with Crippen LogP contribution in [0.4, 0.5) is 0 Å². The minimum absolute atomic E-state index is 0.0127. The zero-order chi connectivity index (χ0) is 19.3. The number of aromatic nitrogens is 2. The summed E-state index contributed by atoms with van der Waals surface area (Å²) in [6.45, 7) is 9.57. The van der Waals surface area contributed by atoms with Crippen LogP contribution in [0.1, 0.15) is 38.9 Å². The van der Waals surface area contributed by atoms with Crippen LogP contribution in [0.15, 0.2) is 29.1 Å². The molecule has 142 valence electrons. The molecule has 0 unspecified atom stereocenters. The van der Waals surface area contributed by atoms with Crippen molar-refractivity contribution in [1.29, 1.82) is 0 Å². The van der Waals surface area contributed by atoms with Crippen molar-refractivity contribution < 1.29 is 4.79 Å². The average molecular weight is 384 g/mol. The van der Waals surface area contributed by atoms with Crippen molar-refractivity contribution in [2.24, 2.45) is 11.8 Å². The van der Waals surface area contributed by atoms with E-state index >= 15 is 0 Å². The number of nitrogens with zero attached hydrogens (tertiary/aromatic N) is 3. The number of aryl methyl sites for hydroxylation is 1. The Bertz CT molecular complexity index is 1070. The standard InChI is InChI=1S/C21H25N3O2S/c1-12-9-13(2)11-23(10-12)20(25)15(4)24-21(26)18-16-7-5-6-8-17(16)27-19(18)14(3)22-24/h5-8,12-13,15H,9-11H2,1-4H3/t12-,13+,15-/m1/s1. The van der Waals surface area contributed by atoms with Gasteiger partial charge in [-0.2, -0.15) is 5.10 Å². The van der Waals surface area contributed by atoms with Crippen molar-refractivity contribution in [2.45, 2.75) is 40.2 Å². The van der Waals surface area contributed by atoms with Crippen LogP contribution in [-0.2, 0) is 4.79 Å². The predicted octanol–water partition coefficient (Wildman–Crippen LogP) is 3.99. The summed E-state index contributed by atoms with van der Waals surface area (Å²) in [7, 11) is 0. The normalized spacial score (nSPS) is 21.7. The van der Waals surface area contributed by atoms with Crippen molar-refractivity contribution in [3.05, 3.63) is 40.3 Å². The summed E-state index contributed by atoms with van der Waals surface area (Å²) in [6.07, 6.45) is 1.14. The van der Waals surface area contributed by atoms with Crippen molar-refractivity contribution in [3.63, 3.8) is 0 Å². The van der Waals surface area contributed by atoms with Gasteiger partial charge in [0.1, 0.15) is 6.04 Å². The molecule has 6 heteroatoms. The number of likely N-dealkylation sites (tertiary alicyclic amines) is 1. The number of fused-ring (bicyclic) bond motifs is 3. The van der Waals surface area contributed by atoms with Crippen LogP contribution < -0.4 is 5.56 Å². The van der Waals surface area contributed by atoms with E-state index < -0.39 is 6.04 Å². The quantitative estimate of drug-likeness (QED) is 0.672. The van der Waals surface area contributed by atoms with E-state index in [1.165, 1.54) is 4.68 Å². The van der Waals surface area contributed by atoms with Crippen molar-refractivity contribution in [2.75, 3.05) is 13.1 Å². The van der Waals surface area contributed by atoms with E-state index in [2.05, 4.69) is 18.9 Å². The minimum Gasteiger partial charge on any atom is -0.340 e. The zero-order valence-electron chi connectivity index (χ0n) is 16.2. The second-order valence-corrected chi connectivity index (χ2v) is 9.05. The average Bonchev–Trinajstić information content (AvgIpc) is 3.03. The summed E-state index contributed by atoms with van der Waals surface area (Å²) < 4.78 is 3.38. The second-order valence-electron chi connectivity index (χ2n) is 8.00. The lowest BCUT2D eigenvalue weighted by molar-refractivity contribution is -0.137. The summed E-state index contributed by atoms with van der Waals surface area (Å²) >= 11 is 1.59. The predicted molar refractivity (Wildman–Crippen MR) is 110 cm³/mol. The molecular formula is C21H25N3O2S. The van der Waals surface area contributed by atoms with Crippen LogP contribution in [0.5, 0.6) is 0 Å². The number of amides is 1. The van der Waals surface area contributed by atoms with Gasteiger partial charge >= 0.3 is 0 Å². The summed E-state index contributed by atoms with van der Waals surface area (Å²) in [5, 5.41) is 6.15. The zero-order valence-corrected chi connectivity index (χ0v) is 17.0. The van der Waals surface area contributed by atoms with E-state index in [-0.39, 0.29) is 11.5 Å². The number of hydrogen-bond donors (Lipinski definition) is 0. The highest BCUT2D eigenvalue weighted by atomic mass is 32.1. The van der Waals surface area contributed by atoms with Crippen LogP contribution in [0.25, 0.3) is 20.2 Å². The summed E-state index contributed by atoms with van der Waals surface area (Å²) in [5.41, 5.74) is 0.623. The number of benzene rings is 1. The number of piperidine rings is 1. The van der Waals surface area contributed by atoms with E-state index in [9.17, 15) is 9.59 Å². The Morgan fingerprint density at radius 3 is 2.59 bits per heavy atom. The van der Waals surface area contributed by atoms with Gasteiger partial charge in [-0.15, -0.1) is 11.3 Å². The van der Waals surface area contributed by atoms with Gasteiger partial charge in [-0.3, -0.25) is 9.59 Å². The number of carbonyl (C=O) groups excluding carboxylic acids is 1. The van der Waals surface area contributed by atoms with Gasteiger partial charge in [0.2, 0.25) is 5.91 Å². The molecule has 0 radical (unpaired) electrons. The molecule has 0 bridgehead atoms. The molecule has 1 aliphatic heterocycles. The Balaban J connectivity index is 1.79. The van der Waals surface area contributed by atoms with E-state index in [0.29, 0.717) is 17.2 Å². The molecular weight excluding hydrogens is 358 g/mol. The van der Waals surface area contributed by atoms with Crippen molar-refractivity contribution >= 4 is 37.4 Å². The highest BCUT2D eigenvalue weighted by Gasteiger charge is 2.30. The first kappa shape index (κ1) is 18.2. The van der Waals surface area contributed by atoms with Crippen molar-refractivity contribution in [3.8, 4) is 0 Å². The van der Waals surface area contributed by atoms with Gasteiger partial charge in [0.15, 0.2) is 0 Å². The molecule has 5 nitrogen and oxygen atoms in total. The Hall–Kier alpha value is -2.21. The van der Waals surface area contributed by atoms with Gasteiger partial charge in [-0.25, -0.2) is 4.68 Å². The first-order chi connectivity index (χ1) is 12.9. The third-order valence-corrected chi connectivity index (χ3v) is 6.79. The van der Waals surface area contributed by atoms with E-state index in [0.717, 1.165) is 40.0 Å². The molecule has 3 heterocycles. The number of rotatable bonds is 2. The first-order valence-corrected chi connectivity index (χ1v) is 10.4. The Labute approximate surface area is 162 Å². The van der Waals surface area contributed by atoms with Crippen molar-refractivity contribution in [1.82, 2.24) is 14.7 Å². The first-order valence-electron chi connectivity index (χ1n) is 9.56. The molecule has 1 saturated heterocycles. The SMILES string of the molecule is Cc1nn([C@H](C)C(=O)N2C[C@H](C)C[C@H](C)C2)c(=O)c2c1sc1ccccc12. The molecule has 1 fully saturated rings. The number of carbonyl (C=O) groups is 1. The molecule has 3 atom stereocenters. The summed E-state index contributed by atoms with van der Waals surface area (Å²) in [4.78, 5) is 28.3.